The monoisotopic (exact) mass is 255 g/mol. The topological polar surface area (TPSA) is 26.0 Å². The summed E-state index contributed by atoms with van der Waals surface area (Å²) in [4.78, 5) is 1.25. The number of hydrogen-bond acceptors (Lipinski definition) is 2. The van der Waals surface area contributed by atoms with E-state index in [1.165, 1.54) is 4.88 Å². The molecule has 1 nitrogen and oxygen atoms in total. The molecule has 0 aliphatic heterocycles. The molecule has 0 amide bonds. The van der Waals surface area contributed by atoms with Crippen LogP contribution in [0.3, 0.4) is 0 Å². The summed E-state index contributed by atoms with van der Waals surface area (Å²) in [6.45, 7) is 1.99. The molecule has 0 fully saturated rings. The lowest BCUT2D eigenvalue weighted by atomic mass is 10.3. The summed E-state index contributed by atoms with van der Waals surface area (Å²) in [5.41, 5.74) is 5.57. The van der Waals surface area contributed by atoms with Crippen LogP contribution >= 0.6 is 35.3 Å². The molecule has 2 N–H and O–H groups in total. The quantitative estimate of drug-likeness (QED) is 0.766. The number of nitrogens with two attached hydrogens (primary N) is 1. The maximum Gasteiger partial charge on any atom is 0.0360 e. The summed E-state index contributed by atoms with van der Waals surface area (Å²) in [6, 6.07) is 4.27. The number of rotatable bonds is 1. The largest absolute Gasteiger partial charge is 0.324 e. The Morgan fingerprint density at radius 3 is 2.56 bits per heavy atom. The lowest BCUT2D eigenvalue weighted by Gasteiger charge is -1.96. The number of thiophene rings is 1. The van der Waals surface area contributed by atoms with Crippen molar-refractivity contribution in [2.75, 3.05) is 0 Å². The van der Waals surface area contributed by atoms with Crippen molar-refractivity contribution < 1.29 is 0 Å². The molecule has 52 valence electrons. The van der Waals surface area contributed by atoms with E-state index in [9.17, 15) is 0 Å². The Labute approximate surface area is 76.3 Å². The average molecular weight is 255 g/mol. The van der Waals surface area contributed by atoms with Crippen LogP contribution in [0.4, 0.5) is 0 Å². The summed E-state index contributed by atoms with van der Waals surface area (Å²) in [5.74, 6) is 0. The Kier molecular flexibility index (Phi) is 4.43. The van der Waals surface area contributed by atoms with E-state index in [-0.39, 0.29) is 30.0 Å². The second-order valence-corrected chi connectivity index (χ2v) is 2.78. The van der Waals surface area contributed by atoms with Crippen LogP contribution in [0.25, 0.3) is 0 Å². The van der Waals surface area contributed by atoms with Crippen molar-refractivity contribution >= 4 is 35.3 Å². The molecular weight excluding hydrogens is 245 g/mol. The molecule has 0 saturated heterocycles. The van der Waals surface area contributed by atoms with Gasteiger partial charge in [-0.15, -0.1) is 35.3 Å². The minimum atomic E-state index is 0. The second-order valence-electron chi connectivity index (χ2n) is 1.80. The molecule has 1 heterocycles. The third-order valence-electron chi connectivity index (χ3n) is 0.992. The first-order valence-corrected chi connectivity index (χ1v) is 3.47. The molecule has 0 bridgehead atoms. The van der Waals surface area contributed by atoms with Gasteiger partial charge < -0.3 is 5.73 Å². The van der Waals surface area contributed by atoms with Gasteiger partial charge in [0.25, 0.3) is 0 Å². The van der Waals surface area contributed by atoms with Gasteiger partial charge in [-0.2, -0.15) is 0 Å². The molecule has 1 rings (SSSR count). The van der Waals surface area contributed by atoms with E-state index < -0.39 is 0 Å². The Bertz CT molecular complexity index is 148. The van der Waals surface area contributed by atoms with Gasteiger partial charge in [0, 0.05) is 10.9 Å². The van der Waals surface area contributed by atoms with Crippen LogP contribution in [0, 0.1) is 0 Å². The molecular formula is C6H10INS. The Morgan fingerprint density at radius 1 is 1.67 bits per heavy atom. The first-order chi connectivity index (χ1) is 3.80. The molecule has 0 saturated carbocycles. The highest BCUT2D eigenvalue weighted by Gasteiger charge is 1.95. The van der Waals surface area contributed by atoms with Crippen LogP contribution in [0.1, 0.15) is 17.8 Å². The smallest absolute Gasteiger partial charge is 0.0360 e. The Balaban J connectivity index is 0.000000640. The fraction of sp³-hybridized carbons (Fsp3) is 0.333. The number of hydrogen-bond donors (Lipinski definition) is 1. The van der Waals surface area contributed by atoms with Gasteiger partial charge in [0.15, 0.2) is 0 Å². The van der Waals surface area contributed by atoms with Crippen molar-refractivity contribution in [2.45, 2.75) is 13.0 Å². The first-order valence-electron chi connectivity index (χ1n) is 2.59. The minimum Gasteiger partial charge on any atom is -0.324 e. The van der Waals surface area contributed by atoms with Crippen LogP contribution in [-0.2, 0) is 0 Å². The third kappa shape index (κ3) is 2.64. The van der Waals surface area contributed by atoms with E-state index in [2.05, 4.69) is 6.07 Å². The van der Waals surface area contributed by atoms with Crippen molar-refractivity contribution in [1.82, 2.24) is 0 Å². The maximum absolute atomic E-state index is 5.57. The minimum absolute atomic E-state index is 0. The average Bonchev–Trinajstić information content (AvgIpc) is 2.12. The Hall–Kier alpha value is 0.390. The van der Waals surface area contributed by atoms with Crippen LogP contribution in [0.15, 0.2) is 17.5 Å². The van der Waals surface area contributed by atoms with Crippen LogP contribution in [-0.4, -0.2) is 0 Å². The van der Waals surface area contributed by atoms with Crippen LogP contribution in [0.5, 0.6) is 0 Å². The highest BCUT2D eigenvalue weighted by atomic mass is 127. The van der Waals surface area contributed by atoms with Crippen molar-refractivity contribution in [3.8, 4) is 0 Å². The molecule has 0 aliphatic carbocycles. The van der Waals surface area contributed by atoms with Gasteiger partial charge in [0.2, 0.25) is 0 Å². The molecule has 1 unspecified atom stereocenters. The van der Waals surface area contributed by atoms with E-state index in [1.54, 1.807) is 11.3 Å². The molecule has 0 radical (unpaired) electrons. The highest BCUT2D eigenvalue weighted by Crippen LogP contribution is 2.14. The maximum atomic E-state index is 5.57. The summed E-state index contributed by atoms with van der Waals surface area (Å²) in [6.07, 6.45) is 0. The lowest BCUT2D eigenvalue weighted by Crippen LogP contribution is -2.01. The van der Waals surface area contributed by atoms with Crippen LogP contribution < -0.4 is 5.73 Å². The molecule has 1 aromatic rings. The summed E-state index contributed by atoms with van der Waals surface area (Å²) in [7, 11) is 0. The van der Waals surface area contributed by atoms with Crippen molar-refractivity contribution in [3.05, 3.63) is 22.4 Å². The van der Waals surface area contributed by atoms with E-state index in [0.717, 1.165) is 0 Å². The van der Waals surface area contributed by atoms with Gasteiger partial charge in [-0.1, -0.05) is 6.07 Å². The number of halogens is 1. The zero-order chi connectivity index (χ0) is 5.98. The van der Waals surface area contributed by atoms with E-state index in [1.807, 2.05) is 18.4 Å². The SMILES string of the molecule is CC(N)c1cccs1.I. The highest BCUT2D eigenvalue weighted by molar-refractivity contribution is 14.0. The van der Waals surface area contributed by atoms with E-state index >= 15 is 0 Å². The normalized spacial score (nSPS) is 12.2. The van der Waals surface area contributed by atoms with Gasteiger partial charge in [0.1, 0.15) is 0 Å². The predicted octanol–water partition coefficient (Wildman–Crippen LogP) is 2.39. The zero-order valence-electron chi connectivity index (χ0n) is 5.20. The van der Waals surface area contributed by atoms with Crippen LogP contribution in [0.2, 0.25) is 0 Å². The molecule has 9 heavy (non-hydrogen) atoms. The standard InChI is InChI=1S/C6H9NS.HI/c1-5(7)6-3-2-4-8-6;/h2-5H,7H2,1H3;1H. The summed E-state index contributed by atoms with van der Waals surface area (Å²) in [5, 5.41) is 2.04. The summed E-state index contributed by atoms with van der Waals surface area (Å²) >= 11 is 1.71. The third-order valence-corrected chi connectivity index (χ3v) is 2.07. The fourth-order valence-electron chi connectivity index (χ4n) is 0.550. The van der Waals surface area contributed by atoms with Gasteiger partial charge in [0.05, 0.1) is 0 Å². The first kappa shape index (κ1) is 9.39. The van der Waals surface area contributed by atoms with Crippen molar-refractivity contribution in [1.29, 1.82) is 0 Å². The predicted molar refractivity (Wildman–Crippen MR) is 52.3 cm³/mol. The molecule has 0 aromatic carbocycles. The molecule has 1 aromatic heterocycles. The fourth-order valence-corrected chi connectivity index (χ4v) is 1.24. The molecule has 3 heteroatoms. The molecule has 1 atom stereocenters. The van der Waals surface area contributed by atoms with Gasteiger partial charge in [-0.05, 0) is 18.4 Å². The van der Waals surface area contributed by atoms with Gasteiger partial charge in [-0.25, -0.2) is 0 Å². The zero-order valence-corrected chi connectivity index (χ0v) is 8.35. The molecule has 0 spiro atoms. The van der Waals surface area contributed by atoms with E-state index in [4.69, 9.17) is 5.73 Å². The lowest BCUT2D eigenvalue weighted by molar-refractivity contribution is 0.838. The van der Waals surface area contributed by atoms with Crippen molar-refractivity contribution in [2.24, 2.45) is 5.73 Å². The summed E-state index contributed by atoms with van der Waals surface area (Å²) < 4.78 is 0. The van der Waals surface area contributed by atoms with Gasteiger partial charge >= 0.3 is 0 Å². The molecule has 0 aliphatic rings. The Morgan fingerprint density at radius 2 is 2.33 bits per heavy atom. The van der Waals surface area contributed by atoms with E-state index in [0.29, 0.717) is 0 Å². The second kappa shape index (κ2) is 4.24. The van der Waals surface area contributed by atoms with Crippen molar-refractivity contribution in [3.63, 3.8) is 0 Å². The van der Waals surface area contributed by atoms with Gasteiger partial charge in [-0.3, -0.25) is 0 Å².